The van der Waals surface area contributed by atoms with Gasteiger partial charge in [0.05, 0.1) is 11.8 Å². The predicted molar refractivity (Wildman–Crippen MR) is 75.5 cm³/mol. The van der Waals surface area contributed by atoms with Gasteiger partial charge < -0.3 is 0 Å². The second-order valence-electron chi connectivity index (χ2n) is 5.94. The van der Waals surface area contributed by atoms with Gasteiger partial charge in [-0.15, -0.1) is 0 Å². The molecule has 1 aliphatic heterocycles. The Hall–Kier alpha value is -0.950. The van der Waals surface area contributed by atoms with Crippen LogP contribution in [-0.2, 0) is 16.6 Å². The van der Waals surface area contributed by atoms with Gasteiger partial charge in [-0.2, -0.15) is 5.10 Å². The van der Waals surface area contributed by atoms with Gasteiger partial charge in [-0.3, -0.25) is 0 Å². The minimum Gasteiger partial charge on any atom is -0.248 e. The van der Waals surface area contributed by atoms with Crippen molar-refractivity contribution in [3.63, 3.8) is 0 Å². The highest BCUT2D eigenvalue weighted by atomic mass is 32.2. The van der Waals surface area contributed by atoms with Crippen molar-refractivity contribution in [3.8, 4) is 0 Å². The summed E-state index contributed by atoms with van der Waals surface area (Å²) >= 11 is 0. The standard InChI is InChI=1S/C13H22N4O2S/c18-20(19,9-11-5-2-1-3-6-11)16-12-7-4-8-17-13(12)14-10-15-17/h10-12,16H,1-9H2/t12-/m0/s1. The quantitative estimate of drug-likeness (QED) is 0.916. The van der Waals surface area contributed by atoms with Crippen LogP contribution in [-0.4, -0.2) is 28.9 Å². The first-order valence-corrected chi connectivity index (χ1v) is 9.17. The number of sulfonamides is 1. The molecule has 6 nitrogen and oxygen atoms in total. The van der Waals surface area contributed by atoms with Crippen molar-refractivity contribution in [2.24, 2.45) is 5.92 Å². The first-order chi connectivity index (χ1) is 9.64. The van der Waals surface area contributed by atoms with Crippen LogP contribution in [0.15, 0.2) is 6.33 Å². The lowest BCUT2D eigenvalue weighted by Crippen LogP contribution is -2.36. The van der Waals surface area contributed by atoms with E-state index in [0.29, 0.717) is 5.92 Å². The molecule has 112 valence electrons. The Morgan fingerprint density at radius 3 is 2.80 bits per heavy atom. The smallest absolute Gasteiger partial charge is 0.212 e. The van der Waals surface area contributed by atoms with E-state index in [4.69, 9.17) is 0 Å². The SMILES string of the molecule is O=S(=O)(CC1CCCCC1)N[C@H]1CCCn2ncnc21. The maximum Gasteiger partial charge on any atom is 0.212 e. The molecule has 20 heavy (non-hydrogen) atoms. The normalized spacial score (nSPS) is 24.5. The van der Waals surface area contributed by atoms with E-state index in [1.807, 2.05) is 0 Å². The van der Waals surface area contributed by atoms with Crippen LogP contribution in [0, 0.1) is 5.92 Å². The molecule has 7 heteroatoms. The van der Waals surface area contributed by atoms with E-state index >= 15 is 0 Å². The van der Waals surface area contributed by atoms with Crippen molar-refractivity contribution in [1.82, 2.24) is 19.5 Å². The van der Waals surface area contributed by atoms with E-state index < -0.39 is 10.0 Å². The maximum absolute atomic E-state index is 12.3. The lowest BCUT2D eigenvalue weighted by Gasteiger charge is -2.25. The number of aromatic nitrogens is 3. The summed E-state index contributed by atoms with van der Waals surface area (Å²) in [5.74, 6) is 1.34. The molecule has 0 unspecified atom stereocenters. The Morgan fingerprint density at radius 2 is 2.00 bits per heavy atom. The first-order valence-electron chi connectivity index (χ1n) is 7.52. The Kier molecular flexibility index (Phi) is 4.07. The molecule has 0 spiro atoms. The molecule has 2 heterocycles. The molecule has 1 atom stereocenters. The van der Waals surface area contributed by atoms with Crippen LogP contribution in [0.4, 0.5) is 0 Å². The molecule has 1 aromatic rings. The predicted octanol–water partition coefficient (Wildman–Crippen LogP) is 1.61. The number of rotatable bonds is 4. The van der Waals surface area contributed by atoms with Gasteiger partial charge >= 0.3 is 0 Å². The van der Waals surface area contributed by atoms with Crippen LogP contribution < -0.4 is 4.72 Å². The van der Waals surface area contributed by atoms with Crippen LogP contribution in [0.1, 0.15) is 56.8 Å². The third-order valence-electron chi connectivity index (χ3n) is 4.32. The second-order valence-corrected chi connectivity index (χ2v) is 7.74. The fourth-order valence-corrected chi connectivity index (χ4v) is 5.04. The monoisotopic (exact) mass is 298 g/mol. The van der Waals surface area contributed by atoms with Crippen LogP contribution in [0.25, 0.3) is 0 Å². The van der Waals surface area contributed by atoms with Crippen LogP contribution in [0.2, 0.25) is 0 Å². The molecule has 0 aromatic carbocycles. The summed E-state index contributed by atoms with van der Waals surface area (Å²) in [5.41, 5.74) is 0. The summed E-state index contributed by atoms with van der Waals surface area (Å²) in [7, 11) is -3.23. The summed E-state index contributed by atoms with van der Waals surface area (Å²) in [4.78, 5) is 4.19. The van der Waals surface area contributed by atoms with Crippen molar-refractivity contribution in [2.75, 3.05) is 5.75 Å². The highest BCUT2D eigenvalue weighted by Crippen LogP contribution is 2.27. The highest BCUT2D eigenvalue weighted by molar-refractivity contribution is 7.89. The minimum absolute atomic E-state index is 0.208. The zero-order chi connectivity index (χ0) is 14.0. The number of fused-ring (bicyclic) bond motifs is 1. The molecule has 1 aliphatic carbocycles. The zero-order valence-corrected chi connectivity index (χ0v) is 12.5. The maximum atomic E-state index is 12.3. The summed E-state index contributed by atoms with van der Waals surface area (Å²) in [6.45, 7) is 0.830. The van der Waals surface area contributed by atoms with Crippen molar-refractivity contribution >= 4 is 10.0 Å². The van der Waals surface area contributed by atoms with E-state index in [1.54, 1.807) is 4.68 Å². The number of aryl methyl sites for hydroxylation is 1. The van der Waals surface area contributed by atoms with Gasteiger partial charge in [0.1, 0.15) is 12.2 Å². The minimum atomic E-state index is -3.23. The van der Waals surface area contributed by atoms with Gasteiger partial charge in [0, 0.05) is 6.54 Å². The molecule has 1 aromatic heterocycles. The average Bonchev–Trinajstić information content (AvgIpc) is 2.88. The Balaban J connectivity index is 1.65. The van der Waals surface area contributed by atoms with Gasteiger partial charge in [-0.05, 0) is 31.6 Å². The molecule has 0 amide bonds. The van der Waals surface area contributed by atoms with Crippen molar-refractivity contribution in [2.45, 2.75) is 57.5 Å². The third kappa shape index (κ3) is 3.20. The average molecular weight is 298 g/mol. The summed E-state index contributed by atoms with van der Waals surface area (Å²) in [6.07, 6.45) is 8.91. The molecule has 1 fully saturated rings. The third-order valence-corrected chi connectivity index (χ3v) is 5.88. The highest BCUT2D eigenvalue weighted by Gasteiger charge is 2.28. The van der Waals surface area contributed by atoms with Crippen molar-refractivity contribution in [1.29, 1.82) is 0 Å². The molecule has 3 rings (SSSR count). The fourth-order valence-electron chi connectivity index (χ4n) is 3.33. The van der Waals surface area contributed by atoms with Gasteiger partial charge in [0.15, 0.2) is 0 Å². The van der Waals surface area contributed by atoms with E-state index in [9.17, 15) is 8.42 Å². The molecule has 1 N–H and O–H groups in total. The zero-order valence-electron chi connectivity index (χ0n) is 11.7. The van der Waals surface area contributed by atoms with Crippen molar-refractivity contribution in [3.05, 3.63) is 12.2 Å². The molecule has 0 bridgehead atoms. The lowest BCUT2D eigenvalue weighted by molar-refractivity contribution is 0.376. The molecular weight excluding hydrogens is 276 g/mol. The fraction of sp³-hybridized carbons (Fsp3) is 0.846. The van der Waals surface area contributed by atoms with Gasteiger partial charge in [0.2, 0.25) is 10.0 Å². The van der Waals surface area contributed by atoms with Crippen LogP contribution in [0.3, 0.4) is 0 Å². The molecule has 1 saturated carbocycles. The van der Waals surface area contributed by atoms with Gasteiger partial charge in [0.25, 0.3) is 0 Å². The van der Waals surface area contributed by atoms with E-state index in [-0.39, 0.29) is 11.8 Å². The number of nitrogens with one attached hydrogen (secondary N) is 1. The summed E-state index contributed by atoms with van der Waals surface area (Å²) in [6, 6.07) is -0.208. The van der Waals surface area contributed by atoms with Gasteiger partial charge in [-0.1, -0.05) is 19.3 Å². The molecular formula is C13H22N4O2S. The summed E-state index contributed by atoms with van der Waals surface area (Å²) in [5, 5.41) is 4.12. The number of hydrogen-bond acceptors (Lipinski definition) is 4. The van der Waals surface area contributed by atoms with Crippen LogP contribution in [0.5, 0.6) is 0 Å². The topological polar surface area (TPSA) is 76.9 Å². The summed E-state index contributed by atoms with van der Waals surface area (Å²) < 4.78 is 29.3. The van der Waals surface area contributed by atoms with E-state index in [2.05, 4.69) is 14.8 Å². The first kappa shape index (κ1) is 14.0. The number of nitrogens with zero attached hydrogens (tertiary/aromatic N) is 3. The largest absolute Gasteiger partial charge is 0.248 e. The van der Waals surface area contributed by atoms with E-state index in [1.165, 1.54) is 12.7 Å². The number of hydrogen-bond donors (Lipinski definition) is 1. The second kappa shape index (κ2) is 5.81. The Morgan fingerprint density at radius 1 is 1.20 bits per heavy atom. The molecule has 2 aliphatic rings. The van der Waals surface area contributed by atoms with E-state index in [0.717, 1.165) is 50.9 Å². The Bertz CT molecular complexity index is 548. The van der Waals surface area contributed by atoms with Crippen molar-refractivity contribution < 1.29 is 8.42 Å². The lowest BCUT2D eigenvalue weighted by atomic mass is 9.91. The molecule has 0 radical (unpaired) electrons. The van der Waals surface area contributed by atoms with Crippen LogP contribution >= 0.6 is 0 Å². The Labute approximate surface area is 120 Å². The molecule has 0 saturated heterocycles. The van der Waals surface area contributed by atoms with Gasteiger partial charge in [-0.25, -0.2) is 22.8 Å².